The standard InChI is InChI=1S/C23H23N3O5/c1-12-8-17(14(3)30-12)19-10-18(21-13(2)26-31-23(21)25-19)22(27)24-11-15-9-16(28-4)6-7-20(15)29-5/h6-10H,11H2,1-5H3,(H,24,27). The summed E-state index contributed by atoms with van der Waals surface area (Å²) in [6.07, 6.45) is 0. The fourth-order valence-corrected chi connectivity index (χ4v) is 3.59. The summed E-state index contributed by atoms with van der Waals surface area (Å²) in [7, 11) is 3.18. The van der Waals surface area contributed by atoms with Gasteiger partial charge in [0.1, 0.15) is 23.0 Å². The van der Waals surface area contributed by atoms with Crippen molar-refractivity contribution in [3.8, 4) is 22.8 Å². The van der Waals surface area contributed by atoms with Crippen LogP contribution < -0.4 is 14.8 Å². The number of pyridine rings is 1. The molecule has 0 spiro atoms. The number of nitrogens with one attached hydrogen (secondary N) is 1. The molecule has 1 aromatic carbocycles. The third-order valence-corrected chi connectivity index (χ3v) is 5.11. The van der Waals surface area contributed by atoms with Crippen LogP contribution in [0.2, 0.25) is 0 Å². The lowest BCUT2D eigenvalue weighted by molar-refractivity contribution is 0.0952. The molecule has 0 fully saturated rings. The lowest BCUT2D eigenvalue weighted by atomic mass is 10.1. The average Bonchev–Trinajstić information content (AvgIpc) is 3.32. The SMILES string of the molecule is COc1ccc(OC)c(CNC(=O)c2cc(-c3cc(C)oc3C)nc3onc(C)c23)c1. The molecule has 0 saturated carbocycles. The van der Waals surface area contributed by atoms with Gasteiger partial charge in [-0.15, -0.1) is 0 Å². The molecule has 4 rings (SSSR count). The van der Waals surface area contributed by atoms with Crippen LogP contribution in [0.4, 0.5) is 0 Å². The van der Waals surface area contributed by atoms with E-state index in [9.17, 15) is 4.79 Å². The molecule has 3 aromatic heterocycles. The van der Waals surface area contributed by atoms with E-state index in [0.29, 0.717) is 45.3 Å². The molecule has 8 nitrogen and oxygen atoms in total. The van der Waals surface area contributed by atoms with Crippen molar-refractivity contribution in [2.45, 2.75) is 27.3 Å². The summed E-state index contributed by atoms with van der Waals surface area (Å²) in [4.78, 5) is 17.8. The van der Waals surface area contributed by atoms with E-state index in [1.807, 2.05) is 26.0 Å². The van der Waals surface area contributed by atoms with Gasteiger partial charge in [0.05, 0.1) is 36.6 Å². The van der Waals surface area contributed by atoms with Crippen LogP contribution >= 0.6 is 0 Å². The number of methoxy groups -OCH3 is 2. The van der Waals surface area contributed by atoms with Crippen molar-refractivity contribution in [3.63, 3.8) is 0 Å². The maximum atomic E-state index is 13.2. The van der Waals surface area contributed by atoms with E-state index in [1.165, 1.54) is 0 Å². The minimum Gasteiger partial charge on any atom is -0.497 e. The highest BCUT2D eigenvalue weighted by Gasteiger charge is 2.21. The highest BCUT2D eigenvalue weighted by Crippen LogP contribution is 2.30. The second-order valence-electron chi connectivity index (χ2n) is 7.19. The first-order valence-electron chi connectivity index (χ1n) is 9.74. The Morgan fingerprint density at radius 1 is 1.10 bits per heavy atom. The van der Waals surface area contributed by atoms with Crippen LogP contribution in [0.3, 0.4) is 0 Å². The molecule has 3 heterocycles. The predicted octanol–water partition coefficient (Wildman–Crippen LogP) is 4.36. The van der Waals surface area contributed by atoms with Crippen molar-refractivity contribution in [3.05, 3.63) is 58.7 Å². The Balaban J connectivity index is 1.71. The van der Waals surface area contributed by atoms with Crippen LogP contribution in [-0.4, -0.2) is 30.3 Å². The van der Waals surface area contributed by atoms with Gasteiger partial charge in [-0.1, -0.05) is 5.16 Å². The summed E-state index contributed by atoms with van der Waals surface area (Å²) < 4.78 is 21.7. The number of fused-ring (bicyclic) bond motifs is 1. The fourth-order valence-electron chi connectivity index (χ4n) is 3.59. The van der Waals surface area contributed by atoms with Gasteiger partial charge in [0, 0.05) is 17.7 Å². The quantitative estimate of drug-likeness (QED) is 0.494. The molecule has 0 bridgehead atoms. The van der Waals surface area contributed by atoms with E-state index in [1.54, 1.807) is 39.3 Å². The predicted molar refractivity (Wildman–Crippen MR) is 114 cm³/mol. The number of aromatic nitrogens is 2. The van der Waals surface area contributed by atoms with Crippen LogP contribution in [0.15, 0.2) is 39.3 Å². The highest BCUT2D eigenvalue weighted by molar-refractivity contribution is 6.07. The van der Waals surface area contributed by atoms with Crippen LogP contribution in [0.25, 0.3) is 22.4 Å². The number of nitrogens with zero attached hydrogens (tertiary/aromatic N) is 2. The number of amides is 1. The molecule has 8 heteroatoms. The Morgan fingerprint density at radius 2 is 1.90 bits per heavy atom. The van der Waals surface area contributed by atoms with E-state index in [0.717, 1.165) is 16.9 Å². The number of hydrogen-bond acceptors (Lipinski definition) is 7. The first kappa shape index (κ1) is 20.5. The first-order valence-corrected chi connectivity index (χ1v) is 9.74. The van der Waals surface area contributed by atoms with Crippen molar-refractivity contribution in [1.82, 2.24) is 15.5 Å². The Hall–Kier alpha value is -3.81. The van der Waals surface area contributed by atoms with Gasteiger partial charge in [0.2, 0.25) is 0 Å². The van der Waals surface area contributed by atoms with E-state index in [4.69, 9.17) is 18.4 Å². The zero-order valence-electron chi connectivity index (χ0n) is 18.0. The Kier molecular flexibility index (Phi) is 5.37. The van der Waals surface area contributed by atoms with Crippen molar-refractivity contribution >= 4 is 17.0 Å². The van der Waals surface area contributed by atoms with Crippen molar-refractivity contribution < 1.29 is 23.2 Å². The van der Waals surface area contributed by atoms with Gasteiger partial charge in [0.25, 0.3) is 11.6 Å². The molecule has 31 heavy (non-hydrogen) atoms. The number of ether oxygens (including phenoxy) is 2. The zero-order valence-corrected chi connectivity index (χ0v) is 18.0. The van der Waals surface area contributed by atoms with Crippen LogP contribution in [0.1, 0.15) is 33.1 Å². The molecule has 1 amide bonds. The van der Waals surface area contributed by atoms with Crippen molar-refractivity contribution in [2.24, 2.45) is 0 Å². The summed E-state index contributed by atoms with van der Waals surface area (Å²) in [5.74, 6) is 2.54. The number of benzene rings is 1. The van der Waals surface area contributed by atoms with Gasteiger partial charge < -0.3 is 23.7 Å². The van der Waals surface area contributed by atoms with Gasteiger partial charge in [-0.25, -0.2) is 4.98 Å². The minimum absolute atomic E-state index is 0.256. The Morgan fingerprint density at radius 3 is 2.58 bits per heavy atom. The summed E-state index contributed by atoms with van der Waals surface area (Å²) in [6, 6.07) is 9.06. The minimum atomic E-state index is -0.275. The van der Waals surface area contributed by atoms with E-state index >= 15 is 0 Å². The van der Waals surface area contributed by atoms with Crippen molar-refractivity contribution in [2.75, 3.05) is 14.2 Å². The molecule has 0 unspecified atom stereocenters. The molecule has 0 aliphatic heterocycles. The zero-order chi connectivity index (χ0) is 22.1. The smallest absolute Gasteiger partial charge is 0.259 e. The lowest BCUT2D eigenvalue weighted by Gasteiger charge is -2.12. The number of aryl methyl sites for hydroxylation is 3. The molecule has 160 valence electrons. The second kappa shape index (κ2) is 8.14. The number of hydrogen-bond donors (Lipinski definition) is 1. The maximum absolute atomic E-state index is 13.2. The molecular formula is C23H23N3O5. The third kappa shape index (κ3) is 3.84. The van der Waals surface area contributed by atoms with E-state index in [2.05, 4.69) is 15.5 Å². The normalized spacial score (nSPS) is 11.0. The maximum Gasteiger partial charge on any atom is 0.259 e. The number of carbonyl (C=O) groups is 1. The molecular weight excluding hydrogens is 398 g/mol. The van der Waals surface area contributed by atoms with Gasteiger partial charge in [-0.2, -0.15) is 0 Å². The molecule has 0 saturated heterocycles. The third-order valence-electron chi connectivity index (χ3n) is 5.11. The van der Waals surface area contributed by atoms with E-state index in [-0.39, 0.29) is 12.5 Å². The van der Waals surface area contributed by atoms with Gasteiger partial charge >= 0.3 is 0 Å². The van der Waals surface area contributed by atoms with E-state index < -0.39 is 0 Å². The average molecular weight is 421 g/mol. The highest BCUT2D eigenvalue weighted by atomic mass is 16.5. The summed E-state index contributed by atoms with van der Waals surface area (Å²) in [5.41, 5.74) is 3.51. The molecule has 4 aromatic rings. The van der Waals surface area contributed by atoms with Crippen LogP contribution in [0, 0.1) is 20.8 Å². The van der Waals surface area contributed by atoms with Gasteiger partial charge in [-0.05, 0) is 51.1 Å². The largest absolute Gasteiger partial charge is 0.497 e. The van der Waals surface area contributed by atoms with Gasteiger partial charge in [0.15, 0.2) is 0 Å². The Labute approximate surface area is 179 Å². The van der Waals surface area contributed by atoms with Crippen LogP contribution in [0.5, 0.6) is 11.5 Å². The lowest BCUT2D eigenvalue weighted by Crippen LogP contribution is -2.23. The van der Waals surface area contributed by atoms with Gasteiger partial charge in [-0.3, -0.25) is 4.79 Å². The van der Waals surface area contributed by atoms with Crippen LogP contribution in [-0.2, 0) is 6.54 Å². The molecule has 1 N–H and O–H groups in total. The molecule has 0 aliphatic rings. The van der Waals surface area contributed by atoms with Crippen molar-refractivity contribution in [1.29, 1.82) is 0 Å². The first-order chi connectivity index (χ1) is 14.9. The number of furan rings is 1. The summed E-state index contributed by atoms with van der Waals surface area (Å²) in [6.45, 7) is 5.76. The molecule has 0 radical (unpaired) electrons. The number of rotatable bonds is 6. The Bertz CT molecular complexity index is 1270. The fraction of sp³-hybridized carbons (Fsp3) is 0.261. The monoisotopic (exact) mass is 421 g/mol. The summed E-state index contributed by atoms with van der Waals surface area (Å²) >= 11 is 0. The topological polar surface area (TPSA) is 99.6 Å². The molecule has 0 aliphatic carbocycles. The second-order valence-corrected chi connectivity index (χ2v) is 7.19. The molecule has 0 atom stereocenters. The number of carbonyl (C=O) groups excluding carboxylic acids is 1. The summed E-state index contributed by atoms with van der Waals surface area (Å²) in [5, 5.41) is 7.53.